The van der Waals surface area contributed by atoms with Crippen LogP contribution in [-0.4, -0.2) is 22.2 Å². The van der Waals surface area contributed by atoms with Crippen molar-refractivity contribution in [3.05, 3.63) is 11.6 Å². The summed E-state index contributed by atoms with van der Waals surface area (Å²) in [5.41, 5.74) is 0.345. The van der Waals surface area contributed by atoms with Crippen molar-refractivity contribution in [2.24, 2.45) is 0 Å². The molecular weight excluding hydrogens is 208 g/mol. The summed E-state index contributed by atoms with van der Waals surface area (Å²) in [4.78, 5) is 21.1. The van der Waals surface area contributed by atoms with Crippen LogP contribution in [0.3, 0.4) is 0 Å². The molecule has 0 unspecified atom stereocenters. The molecule has 0 fully saturated rings. The molecule has 4 heteroatoms. The highest BCUT2D eigenvalue weighted by Crippen LogP contribution is 2.11. The quantitative estimate of drug-likeness (QED) is 0.470. The third-order valence-corrected chi connectivity index (χ3v) is 2.31. The van der Waals surface area contributed by atoms with Crippen molar-refractivity contribution in [1.82, 2.24) is 0 Å². The van der Waals surface area contributed by atoms with Gasteiger partial charge in [-0.05, 0) is 25.7 Å². The van der Waals surface area contributed by atoms with Gasteiger partial charge in [0.15, 0.2) is 0 Å². The molecule has 0 aromatic rings. The number of carboxylic acids is 2. The summed E-state index contributed by atoms with van der Waals surface area (Å²) in [6, 6.07) is 0. The summed E-state index contributed by atoms with van der Waals surface area (Å²) >= 11 is 0. The van der Waals surface area contributed by atoms with Gasteiger partial charge in [-0.3, -0.25) is 4.79 Å². The number of carbonyl (C=O) groups is 2. The van der Waals surface area contributed by atoms with Crippen molar-refractivity contribution in [1.29, 1.82) is 0 Å². The molecule has 0 aromatic carbocycles. The summed E-state index contributed by atoms with van der Waals surface area (Å²) in [7, 11) is 0. The first kappa shape index (κ1) is 14.7. The molecule has 16 heavy (non-hydrogen) atoms. The van der Waals surface area contributed by atoms with Crippen LogP contribution in [0.1, 0.15) is 51.9 Å². The lowest BCUT2D eigenvalue weighted by Gasteiger charge is -2.01. The summed E-state index contributed by atoms with van der Waals surface area (Å²) in [5.74, 6) is -1.81. The number of hydrogen-bond acceptors (Lipinski definition) is 2. The molecule has 0 radical (unpaired) electrons. The van der Waals surface area contributed by atoms with E-state index in [-0.39, 0.29) is 6.42 Å². The highest BCUT2D eigenvalue weighted by Gasteiger charge is 2.07. The van der Waals surface area contributed by atoms with Gasteiger partial charge in [-0.15, -0.1) is 0 Å². The van der Waals surface area contributed by atoms with Crippen LogP contribution in [0.15, 0.2) is 11.6 Å². The number of rotatable bonds is 9. The Labute approximate surface area is 96.0 Å². The fraction of sp³-hybridized carbons (Fsp3) is 0.667. The molecule has 92 valence electrons. The van der Waals surface area contributed by atoms with Crippen LogP contribution >= 0.6 is 0 Å². The summed E-state index contributed by atoms with van der Waals surface area (Å²) in [5, 5.41) is 17.3. The summed E-state index contributed by atoms with van der Waals surface area (Å²) in [6.45, 7) is 2.09. The van der Waals surface area contributed by atoms with E-state index in [1.807, 2.05) is 0 Å². The molecule has 4 nitrogen and oxygen atoms in total. The minimum atomic E-state index is -0.929. The third kappa shape index (κ3) is 8.03. The van der Waals surface area contributed by atoms with E-state index in [0.717, 1.165) is 25.7 Å². The van der Waals surface area contributed by atoms with Gasteiger partial charge in [-0.1, -0.05) is 25.8 Å². The number of unbranched alkanes of at least 4 members (excludes halogenated alkanes) is 3. The van der Waals surface area contributed by atoms with Crippen molar-refractivity contribution in [3.8, 4) is 0 Å². The van der Waals surface area contributed by atoms with E-state index in [1.165, 1.54) is 0 Å². The molecule has 0 rings (SSSR count). The van der Waals surface area contributed by atoms with Crippen molar-refractivity contribution in [2.45, 2.75) is 51.9 Å². The van der Waals surface area contributed by atoms with Crippen molar-refractivity contribution in [3.63, 3.8) is 0 Å². The first-order chi connectivity index (χ1) is 7.57. The minimum absolute atomic E-state index is 0.0274. The zero-order chi connectivity index (χ0) is 12.4. The maximum Gasteiger partial charge on any atom is 0.331 e. The van der Waals surface area contributed by atoms with Gasteiger partial charge >= 0.3 is 11.9 Å². The lowest BCUT2D eigenvalue weighted by molar-refractivity contribution is -0.137. The van der Waals surface area contributed by atoms with Crippen LogP contribution < -0.4 is 0 Å². The molecule has 0 atom stereocenters. The Hall–Kier alpha value is -1.32. The monoisotopic (exact) mass is 228 g/mol. The molecule has 0 aliphatic heterocycles. The van der Waals surface area contributed by atoms with E-state index in [9.17, 15) is 9.59 Å². The molecule has 0 aliphatic rings. The van der Waals surface area contributed by atoms with Gasteiger partial charge in [0.1, 0.15) is 0 Å². The minimum Gasteiger partial charge on any atom is -0.481 e. The largest absolute Gasteiger partial charge is 0.481 e. The van der Waals surface area contributed by atoms with E-state index >= 15 is 0 Å². The number of carboxylic acid groups (broad SMARTS) is 2. The smallest absolute Gasteiger partial charge is 0.331 e. The Balaban J connectivity index is 3.96. The maximum atomic E-state index is 10.8. The Morgan fingerprint density at radius 2 is 1.75 bits per heavy atom. The van der Waals surface area contributed by atoms with Crippen LogP contribution in [-0.2, 0) is 9.59 Å². The Kier molecular flexibility index (Phi) is 8.21. The van der Waals surface area contributed by atoms with E-state index in [4.69, 9.17) is 10.2 Å². The van der Waals surface area contributed by atoms with Crippen molar-refractivity contribution < 1.29 is 19.8 Å². The van der Waals surface area contributed by atoms with Gasteiger partial charge in [-0.25, -0.2) is 4.79 Å². The molecule has 0 aliphatic carbocycles. The molecule has 0 heterocycles. The fourth-order valence-electron chi connectivity index (χ4n) is 1.40. The van der Waals surface area contributed by atoms with Crippen LogP contribution in [0.4, 0.5) is 0 Å². The summed E-state index contributed by atoms with van der Waals surface area (Å²) < 4.78 is 0. The van der Waals surface area contributed by atoms with E-state index < -0.39 is 11.9 Å². The average Bonchev–Trinajstić information content (AvgIpc) is 2.20. The second-order valence-corrected chi connectivity index (χ2v) is 3.78. The van der Waals surface area contributed by atoms with Crippen LogP contribution in [0, 0.1) is 0 Å². The highest BCUT2D eigenvalue weighted by molar-refractivity contribution is 5.86. The Morgan fingerprint density at radius 1 is 1.06 bits per heavy atom. The summed E-state index contributed by atoms with van der Waals surface area (Å²) in [6.07, 6.45) is 6.44. The SMILES string of the molecule is CCCCCC=C(CCCC(=O)O)C(=O)O. The number of aliphatic carboxylic acids is 2. The van der Waals surface area contributed by atoms with Crippen LogP contribution in [0.5, 0.6) is 0 Å². The van der Waals surface area contributed by atoms with Gasteiger partial charge in [0.2, 0.25) is 0 Å². The lowest BCUT2D eigenvalue weighted by Crippen LogP contribution is -2.02. The second-order valence-electron chi connectivity index (χ2n) is 3.78. The predicted octanol–water partition coefficient (Wildman–Crippen LogP) is 2.83. The normalized spacial score (nSPS) is 11.4. The van der Waals surface area contributed by atoms with Crippen LogP contribution in [0.2, 0.25) is 0 Å². The number of allylic oxidation sites excluding steroid dienone is 1. The van der Waals surface area contributed by atoms with Gasteiger partial charge in [0, 0.05) is 12.0 Å². The molecule has 0 spiro atoms. The van der Waals surface area contributed by atoms with E-state index in [2.05, 4.69) is 6.92 Å². The third-order valence-electron chi connectivity index (χ3n) is 2.31. The molecule has 2 N–H and O–H groups in total. The van der Waals surface area contributed by atoms with E-state index in [0.29, 0.717) is 18.4 Å². The van der Waals surface area contributed by atoms with Crippen molar-refractivity contribution >= 4 is 11.9 Å². The standard InChI is InChI=1S/C12H20O4/c1-2-3-4-5-7-10(12(15)16)8-6-9-11(13)14/h7H,2-6,8-9H2,1H3,(H,13,14)(H,15,16). The molecular formula is C12H20O4. The molecule has 0 aromatic heterocycles. The van der Waals surface area contributed by atoms with E-state index in [1.54, 1.807) is 6.08 Å². The number of hydrogen-bond donors (Lipinski definition) is 2. The fourth-order valence-corrected chi connectivity index (χ4v) is 1.40. The van der Waals surface area contributed by atoms with Gasteiger partial charge in [0.05, 0.1) is 0 Å². The molecule has 0 saturated carbocycles. The Morgan fingerprint density at radius 3 is 2.25 bits per heavy atom. The molecule has 0 bridgehead atoms. The van der Waals surface area contributed by atoms with Gasteiger partial charge in [-0.2, -0.15) is 0 Å². The molecule has 0 amide bonds. The highest BCUT2D eigenvalue weighted by atomic mass is 16.4. The topological polar surface area (TPSA) is 74.6 Å². The Bertz CT molecular complexity index is 256. The average molecular weight is 228 g/mol. The van der Waals surface area contributed by atoms with Crippen molar-refractivity contribution in [2.75, 3.05) is 0 Å². The van der Waals surface area contributed by atoms with Gasteiger partial charge in [0.25, 0.3) is 0 Å². The lowest BCUT2D eigenvalue weighted by atomic mass is 10.1. The zero-order valence-corrected chi connectivity index (χ0v) is 9.74. The first-order valence-electron chi connectivity index (χ1n) is 5.72. The zero-order valence-electron chi connectivity index (χ0n) is 9.74. The molecule has 0 saturated heterocycles. The maximum absolute atomic E-state index is 10.8. The van der Waals surface area contributed by atoms with Gasteiger partial charge < -0.3 is 10.2 Å². The van der Waals surface area contributed by atoms with Crippen LogP contribution in [0.25, 0.3) is 0 Å². The predicted molar refractivity (Wildman–Crippen MR) is 61.3 cm³/mol. The second kappa shape index (κ2) is 8.95. The first-order valence-corrected chi connectivity index (χ1v) is 5.72.